The fourth-order valence-electron chi connectivity index (χ4n) is 2.06. The second-order valence-corrected chi connectivity index (χ2v) is 7.55. The highest BCUT2D eigenvalue weighted by molar-refractivity contribution is 7.85. The Morgan fingerprint density at radius 3 is 1.85 bits per heavy atom. The number of hydrogen-bond donors (Lipinski definition) is 1. The summed E-state index contributed by atoms with van der Waals surface area (Å²) in [5.74, 6) is -2.79. The highest BCUT2D eigenvalue weighted by Crippen LogP contribution is 2.33. The highest BCUT2D eigenvalue weighted by Gasteiger charge is 2.49. The third kappa shape index (κ3) is 8.35. The van der Waals surface area contributed by atoms with E-state index in [9.17, 15) is 22.8 Å². The smallest absolute Gasteiger partial charge is 0.330 e. The number of carbonyl (C=O) groups is 3. The maximum absolute atomic E-state index is 12.6. The lowest BCUT2D eigenvalue weighted by molar-refractivity contribution is -0.183. The van der Waals surface area contributed by atoms with Crippen molar-refractivity contribution in [2.45, 2.75) is 45.8 Å². The van der Waals surface area contributed by atoms with Crippen molar-refractivity contribution < 1.29 is 41.6 Å². The Bertz CT molecular complexity index is 638. The van der Waals surface area contributed by atoms with Gasteiger partial charge in [0, 0.05) is 12.2 Å². The van der Waals surface area contributed by atoms with Crippen LogP contribution < -0.4 is 0 Å². The zero-order chi connectivity index (χ0) is 21.3. The van der Waals surface area contributed by atoms with E-state index in [0.717, 1.165) is 12.2 Å². The Morgan fingerprint density at radius 2 is 1.48 bits per heavy atom. The van der Waals surface area contributed by atoms with Gasteiger partial charge in [-0.05, 0) is 33.6 Å². The molecule has 0 fully saturated rings. The van der Waals surface area contributed by atoms with Crippen molar-refractivity contribution in [2.75, 3.05) is 12.4 Å². The molecule has 0 aliphatic rings. The van der Waals surface area contributed by atoms with Crippen molar-refractivity contribution in [3.05, 3.63) is 25.3 Å². The van der Waals surface area contributed by atoms with Crippen molar-refractivity contribution >= 4 is 28.0 Å². The molecule has 0 aromatic rings. The van der Waals surface area contributed by atoms with Gasteiger partial charge in [-0.15, -0.1) is 0 Å². The van der Waals surface area contributed by atoms with Gasteiger partial charge >= 0.3 is 17.9 Å². The molecule has 2 atom stereocenters. The molecule has 0 spiro atoms. The van der Waals surface area contributed by atoms with Gasteiger partial charge in [-0.3, -0.25) is 9.35 Å². The highest BCUT2D eigenvalue weighted by atomic mass is 32.2. The van der Waals surface area contributed by atoms with E-state index < -0.39 is 51.4 Å². The van der Waals surface area contributed by atoms with Gasteiger partial charge in [0.15, 0.2) is 0 Å². The van der Waals surface area contributed by atoms with Gasteiger partial charge in [0.2, 0.25) is 0 Å². The Balaban J connectivity index is 5.17. The molecule has 0 rings (SSSR count). The first-order chi connectivity index (χ1) is 12.4. The number of carbonyl (C=O) groups excluding carboxylic acids is 3. The van der Waals surface area contributed by atoms with Crippen LogP contribution in [-0.2, 0) is 38.7 Å². The zero-order valence-corrected chi connectivity index (χ0v) is 16.5. The standard InChI is InChI=1S/C17H26O9S/c1-6-14(18)25-12(3)17(5,13(4)26-15(19)7-2)16(20)24-10-8-9-11-27(21,22)23/h6-7,12-13H,1-2,8-11H2,3-5H3,(H,21,22,23). The van der Waals surface area contributed by atoms with Crippen LogP contribution in [0.15, 0.2) is 25.3 Å². The summed E-state index contributed by atoms with van der Waals surface area (Å²) in [7, 11) is -4.09. The first kappa shape index (κ1) is 24.8. The molecular formula is C17H26O9S. The summed E-state index contributed by atoms with van der Waals surface area (Å²) in [6.07, 6.45) is 0.0752. The summed E-state index contributed by atoms with van der Waals surface area (Å²) >= 11 is 0. The molecule has 2 unspecified atom stereocenters. The Labute approximate surface area is 159 Å². The van der Waals surface area contributed by atoms with Crippen LogP contribution in [-0.4, -0.2) is 55.4 Å². The van der Waals surface area contributed by atoms with Crippen LogP contribution in [0.25, 0.3) is 0 Å². The van der Waals surface area contributed by atoms with Crippen molar-refractivity contribution in [1.82, 2.24) is 0 Å². The third-order valence-corrected chi connectivity index (χ3v) is 4.88. The molecule has 0 aliphatic heterocycles. The maximum Gasteiger partial charge on any atom is 0.330 e. The summed E-state index contributed by atoms with van der Waals surface area (Å²) in [5, 5.41) is 0. The number of ether oxygens (including phenoxy) is 3. The van der Waals surface area contributed by atoms with Crippen LogP contribution in [0.4, 0.5) is 0 Å². The molecular weight excluding hydrogens is 380 g/mol. The monoisotopic (exact) mass is 406 g/mol. The minimum Gasteiger partial charge on any atom is -0.465 e. The summed E-state index contributed by atoms with van der Waals surface area (Å²) in [4.78, 5) is 35.6. The number of unbranched alkanes of at least 4 members (excludes halogenated alkanes) is 1. The van der Waals surface area contributed by atoms with Gasteiger partial charge in [-0.1, -0.05) is 13.2 Å². The van der Waals surface area contributed by atoms with Crippen LogP contribution in [0.3, 0.4) is 0 Å². The molecule has 0 heterocycles. The van der Waals surface area contributed by atoms with Crippen molar-refractivity contribution in [2.24, 2.45) is 5.41 Å². The molecule has 0 radical (unpaired) electrons. The fourth-order valence-corrected chi connectivity index (χ4v) is 2.63. The molecule has 1 N–H and O–H groups in total. The lowest BCUT2D eigenvalue weighted by Crippen LogP contribution is -2.50. The third-order valence-electron chi connectivity index (χ3n) is 4.08. The van der Waals surface area contributed by atoms with E-state index in [0.29, 0.717) is 0 Å². The van der Waals surface area contributed by atoms with Gasteiger partial charge in [-0.2, -0.15) is 8.42 Å². The summed E-state index contributed by atoms with van der Waals surface area (Å²) in [6.45, 7) is 10.7. The zero-order valence-electron chi connectivity index (χ0n) is 15.7. The van der Waals surface area contributed by atoms with E-state index in [1.165, 1.54) is 20.8 Å². The van der Waals surface area contributed by atoms with Gasteiger partial charge in [0.1, 0.15) is 17.6 Å². The number of esters is 3. The van der Waals surface area contributed by atoms with Crippen LogP contribution in [0.1, 0.15) is 33.6 Å². The number of hydrogen-bond acceptors (Lipinski definition) is 8. The van der Waals surface area contributed by atoms with E-state index in [1.54, 1.807) is 0 Å². The van der Waals surface area contributed by atoms with E-state index in [1.807, 2.05) is 0 Å². The molecule has 10 heteroatoms. The van der Waals surface area contributed by atoms with Gasteiger partial charge in [0.05, 0.1) is 12.4 Å². The van der Waals surface area contributed by atoms with Crippen LogP contribution in [0.5, 0.6) is 0 Å². The van der Waals surface area contributed by atoms with E-state index in [2.05, 4.69) is 13.2 Å². The predicted molar refractivity (Wildman–Crippen MR) is 96.2 cm³/mol. The summed E-state index contributed by atoms with van der Waals surface area (Å²) in [5.41, 5.74) is -1.54. The molecule has 0 aromatic carbocycles. The minimum absolute atomic E-state index is 0.0881. The lowest BCUT2D eigenvalue weighted by Gasteiger charge is -2.36. The molecule has 0 saturated heterocycles. The Morgan fingerprint density at radius 1 is 1.04 bits per heavy atom. The fraction of sp³-hybridized carbons (Fsp3) is 0.588. The van der Waals surface area contributed by atoms with Crippen molar-refractivity contribution in [3.8, 4) is 0 Å². The van der Waals surface area contributed by atoms with E-state index in [4.69, 9.17) is 18.8 Å². The minimum atomic E-state index is -4.09. The van der Waals surface area contributed by atoms with Crippen LogP contribution in [0.2, 0.25) is 0 Å². The Kier molecular flexibility index (Phi) is 9.95. The SMILES string of the molecule is C=CC(=O)OC(C)C(C)(C(=O)OCCCCS(=O)(=O)O)C(C)OC(=O)C=C. The van der Waals surface area contributed by atoms with Gasteiger partial charge in [0.25, 0.3) is 10.1 Å². The molecule has 27 heavy (non-hydrogen) atoms. The predicted octanol–water partition coefficient (Wildman–Crippen LogP) is 1.44. The average molecular weight is 406 g/mol. The van der Waals surface area contributed by atoms with Crippen LogP contribution in [0, 0.1) is 5.41 Å². The average Bonchev–Trinajstić information content (AvgIpc) is 2.58. The first-order valence-corrected chi connectivity index (χ1v) is 9.77. The van der Waals surface area contributed by atoms with Gasteiger partial charge in [-0.25, -0.2) is 9.59 Å². The second-order valence-electron chi connectivity index (χ2n) is 5.98. The normalized spacial score (nSPS) is 15.6. The van der Waals surface area contributed by atoms with E-state index in [-0.39, 0.29) is 19.4 Å². The maximum atomic E-state index is 12.6. The number of rotatable bonds is 12. The molecule has 0 aliphatic carbocycles. The summed E-state index contributed by atoms with van der Waals surface area (Å²) in [6, 6.07) is 0. The summed E-state index contributed by atoms with van der Waals surface area (Å²) < 4.78 is 45.4. The van der Waals surface area contributed by atoms with Crippen molar-refractivity contribution in [1.29, 1.82) is 0 Å². The first-order valence-electron chi connectivity index (χ1n) is 8.17. The lowest BCUT2D eigenvalue weighted by atomic mass is 9.79. The topological polar surface area (TPSA) is 133 Å². The molecule has 9 nitrogen and oxygen atoms in total. The Hall–Kier alpha value is -2.20. The van der Waals surface area contributed by atoms with Gasteiger partial charge < -0.3 is 14.2 Å². The molecule has 0 amide bonds. The van der Waals surface area contributed by atoms with E-state index >= 15 is 0 Å². The largest absolute Gasteiger partial charge is 0.465 e. The second kappa shape index (κ2) is 10.8. The molecule has 0 bridgehead atoms. The quantitative estimate of drug-likeness (QED) is 0.168. The van der Waals surface area contributed by atoms with Crippen molar-refractivity contribution in [3.63, 3.8) is 0 Å². The molecule has 154 valence electrons. The van der Waals surface area contributed by atoms with Crippen LogP contribution >= 0.6 is 0 Å². The molecule has 0 aromatic heterocycles. The molecule has 0 saturated carbocycles.